The first-order valence-corrected chi connectivity index (χ1v) is 49.4. The summed E-state index contributed by atoms with van der Waals surface area (Å²) in [5.74, 6) is 1.22. The molecule has 3 aromatic rings. The van der Waals surface area contributed by atoms with E-state index in [1.165, 1.54) is 282 Å². The second kappa shape index (κ2) is 71.3. The largest absolute Gasteiger partial charge is 0.489 e. The van der Waals surface area contributed by atoms with Crippen LogP contribution in [0.5, 0.6) is 46.0 Å². The van der Waals surface area contributed by atoms with Gasteiger partial charge < -0.3 is 69.0 Å². The van der Waals surface area contributed by atoms with Crippen molar-refractivity contribution in [2.45, 2.75) is 478 Å². The first-order valence-electron chi connectivity index (χ1n) is 49.4. The van der Waals surface area contributed by atoms with Crippen LogP contribution in [0.3, 0.4) is 0 Å². The maximum absolute atomic E-state index is 15.8. The van der Waals surface area contributed by atoms with E-state index in [1.54, 1.807) is 52.0 Å². The van der Waals surface area contributed by atoms with Crippen LogP contribution >= 0.6 is 0 Å². The number of aliphatic hydroxyl groups excluding tert-OH is 4. The number of hydrogen-bond acceptors (Lipinski definition) is 14. The van der Waals surface area contributed by atoms with Gasteiger partial charge in [0.15, 0.2) is 23.0 Å². The third-order valence-corrected chi connectivity index (χ3v) is 23.3. The molecule has 0 aliphatic carbocycles. The number of hydrogen-bond donors (Lipinski definition) is 6. The Kier molecular flexibility index (Phi) is 64.6. The van der Waals surface area contributed by atoms with Gasteiger partial charge in [-0.2, -0.15) is 0 Å². The molecule has 0 aliphatic rings. The number of carbonyl (C=O) groups is 2. The van der Waals surface area contributed by atoms with Crippen molar-refractivity contribution in [3.8, 4) is 46.0 Å². The Morgan fingerprint density at radius 3 is 0.627 bits per heavy atom. The first-order chi connectivity index (χ1) is 57.5. The molecule has 3 aromatic carbocycles. The fraction of sp³-hybridized carbons (Fsp3) is 0.804. The normalized spacial score (nSPS) is 12.3. The van der Waals surface area contributed by atoms with Gasteiger partial charge in [0.1, 0.15) is 34.9 Å². The minimum Gasteiger partial charge on any atom is -0.489 e. The average molecular weight is 1660 g/mol. The fourth-order valence-corrected chi connectivity index (χ4v) is 15.2. The van der Waals surface area contributed by atoms with E-state index in [2.05, 4.69) is 52.2 Å². The van der Waals surface area contributed by atoms with Crippen molar-refractivity contribution in [2.24, 2.45) is 0 Å². The molecule has 0 heterocycles. The fourth-order valence-electron chi connectivity index (χ4n) is 15.2. The van der Waals surface area contributed by atoms with Crippen molar-refractivity contribution < 1.29 is 67.9 Å². The molecule has 0 saturated carbocycles. The van der Waals surface area contributed by atoms with Gasteiger partial charge >= 0.3 is 0 Å². The summed E-state index contributed by atoms with van der Waals surface area (Å²) in [5.41, 5.74) is -2.58. The third-order valence-electron chi connectivity index (χ3n) is 23.3. The molecule has 0 bridgehead atoms. The van der Waals surface area contributed by atoms with E-state index < -0.39 is 48.4 Å². The molecule has 3 rings (SSSR count). The highest BCUT2D eigenvalue weighted by atomic mass is 16.6. The number of anilines is 2. The predicted molar refractivity (Wildman–Crippen MR) is 495 cm³/mol. The van der Waals surface area contributed by atoms with Gasteiger partial charge in [-0.05, 0) is 72.3 Å². The summed E-state index contributed by atoms with van der Waals surface area (Å²) < 4.78 is 54.0. The van der Waals surface area contributed by atoms with E-state index in [9.17, 15) is 20.4 Å². The lowest BCUT2D eigenvalue weighted by molar-refractivity contribution is -0.0579. The lowest BCUT2D eigenvalue weighted by Gasteiger charge is -2.33. The zero-order valence-electron chi connectivity index (χ0n) is 77.6. The molecule has 0 aliphatic heterocycles. The van der Waals surface area contributed by atoms with Gasteiger partial charge in [-0.15, -0.1) is 0 Å². The Balaban J connectivity index is 2.29. The minimum atomic E-state index is -1.52. The van der Waals surface area contributed by atoms with Crippen LogP contribution in [0.1, 0.15) is 475 Å². The van der Waals surface area contributed by atoms with Gasteiger partial charge in [0, 0.05) is 41.7 Å². The smallest absolute Gasteiger partial charge is 0.259 e. The van der Waals surface area contributed by atoms with Crippen molar-refractivity contribution >= 4 is 23.2 Å². The van der Waals surface area contributed by atoms with E-state index in [0.717, 1.165) is 116 Å². The molecular weight excluding hydrogens is 1480 g/mol. The maximum atomic E-state index is 15.8. The van der Waals surface area contributed by atoms with E-state index in [4.69, 9.17) is 37.9 Å². The standard InChI is InChI=1S/C102H180N2O14/c1-11-17-23-29-35-41-47-53-59-65-71-111-91-77-85(78-92(112-72-66-60-54-48-42-36-30-24-18-12-2)97(91)115-75-69-63-57-51-45-39-33-27-21-15-5)103-99(109)87-81-88(90(118-102(9,10)96(108)84-106)82-89(87)117-101(7,8)95(107)83-105)100(110)104-86-79-93(113-73-67-61-55-49-43-37-31-25-19-13-3)98(116-76-70-64-58-52-46-40-34-28-22-16-6)94(80-86)114-74-68-62-56-50-44-38-32-26-20-14-4/h77-82,95-96,105-108H,11-76,83-84H2,1-10H3,(H,103,109)(H,104,110). The molecular formula is C102H180N2O14. The number of benzene rings is 3. The second-order valence-corrected chi connectivity index (χ2v) is 35.3. The zero-order valence-corrected chi connectivity index (χ0v) is 77.6. The summed E-state index contributed by atoms with van der Waals surface area (Å²) in [7, 11) is 0. The number of ether oxygens (including phenoxy) is 8. The highest BCUT2D eigenvalue weighted by molar-refractivity contribution is 6.11. The SMILES string of the molecule is CCCCCCCCCCCCOc1cc(NC(=O)c2cc(C(=O)Nc3cc(OCCCCCCCCCCCC)c(OCCCCCCCCCCCC)c(OCCCCCCCCCCCC)c3)c(OC(C)(C)C(O)CO)cc2OC(C)(C)C(O)CO)cc(OCCCCCCCCCCCC)c1OCCCCCCCCCCCC. The molecule has 0 fully saturated rings. The summed E-state index contributed by atoms with van der Waals surface area (Å²) in [4.78, 5) is 31.6. The predicted octanol–water partition coefficient (Wildman–Crippen LogP) is 29.0. The lowest BCUT2D eigenvalue weighted by Crippen LogP contribution is -2.45. The number of unbranched alkanes of at least 4 members (excludes halogenated alkanes) is 54. The maximum Gasteiger partial charge on any atom is 0.259 e. The third kappa shape index (κ3) is 50.4. The summed E-state index contributed by atoms with van der Waals surface area (Å²) in [6, 6.07) is 9.95. The quantitative estimate of drug-likeness (QED) is 0.0290. The Morgan fingerprint density at radius 2 is 0.441 bits per heavy atom. The topological polar surface area (TPSA) is 213 Å². The zero-order chi connectivity index (χ0) is 85.6. The summed E-state index contributed by atoms with van der Waals surface area (Å²) >= 11 is 0. The summed E-state index contributed by atoms with van der Waals surface area (Å²) in [6.07, 6.45) is 68.1. The van der Waals surface area contributed by atoms with E-state index in [1.807, 2.05) is 0 Å². The Hall–Kier alpha value is -5.16. The van der Waals surface area contributed by atoms with Gasteiger partial charge in [-0.1, -0.05) is 388 Å². The number of nitrogens with one attached hydrogen (secondary N) is 2. The van der Waals surface area contributed by atoms with Crippen molar-refractivity contribution in [3.63, 3.8) is 0 Å². The monoisotopic (exact) mass is 1660 g/mol. The van der Waals surface area contributed by atoms with E-state index in [-0.39, 0.29) is 22.6 Å². The molecule has 6 N–H and O–H groups in total. The molecule has 2 amide bonds. The molecule has 2 unspecified atom stereocenters. The van der Waals surface area contributed by atoms with Gasteiger partial charge in [-0.3, -0.25) is 9.59 Å². The van der Waals surface area contributed by atoms with Gasteiger partial charge in [0.05, 0.1) is 64.0 Å². The van der Waals surface area contributed by atoms with Crippen LogP contribution < -0.4 is 48.5 Å². The first kappa shape index (κ1) is 107. The lowest BCUT2D eigenvalue weighted by atomic mass is 9.99. The van der Waals surface area contributed by atoms with Crippen LogP contribution in [-0.4, -0.2) is 109 Å². The molecule has 0 spiro atoms. The van der Waals surface area contributed by atoms with Crippen LogP contribution in [0.25, 0.3) is 0 Å². The minimum absolute atomic E-state index is 0.101. The van der Waals surface area contributed by atoms with Gasteiger partial charge in [0.25, 0.3) is 11.8 Å². The molecule has 682 valence electrons. The van der Waals surface area contributed by atoms with Crippen molar-refractivity contribution in [1.29, 1.82) is 0 Å². The van der Waals surface area contributed by atoms with Crippen molar-refractivity contribution in [2.75, 3.05) is 63.5 Å². The molecule has 16 heteroatoms. The summed E-state index contributed by atoms with van der Waals surface area (Å²) in [5, 5.41) is 49.9. The Labute approximate surface area is 722 Å². The van der Waals surface area contributed by atoms with Crippen LogP contribution in [-0.2, 0) is 0 Å². The summed E-state index contributed by atoms with van der Waals surface area (Å²) in [6.45, 7) is 21.2. The van der Waals surface area contributed by atoms with E-state index >= 15 is 9.59 Å². The number of rotatable bonds is 84. The number of carbonyl (C=O) groups excluding carboxylic acids is 2. The average Bonchev–Trinajstić information content (AvgIpc) is 0.780. The number of amides is 2. The molecule has 0 radical (unpaired) electrons. The van der Waals surface area contributed by atoms with Crippen molar-refractivity contribution in [3.05, 3.63) is 47.5 Å². The molecule has 16 nitrogen and oxygen atoms in total. The Bertz CT molecular complexity index is 2620. The molecule has 0 aromatic heterocycles. The van der Waals surface area contributed by atoms with Crippen LogP contribution in [0.4, 0.5) is 11.4 Å². The molecule has 0 saturated heterocycles. The molecule has 118 heavy (non-hydrogen) atoms. The highest BCUT2D eigenvalue weighted by Gasteiger charge is 2.36. The highest BCUT2D eigenvalue weighted by Crippen LogP contribution is 2.45. The van der Waals surface area contributed by atoms with Crippen LogP contribution in [0.15, 0.2) is 36.4 Å². The van der Waals surface area contributed by atoms with Gasteiger partial charge in [0.2, 0.25) is 11.5 Å². The van der Waals surface area contributed by atoms with Crippen molar-refractivity contribution in [1.82, 2.24) is 0 Å². The van der Waals surface area contributed by atoms with E-state index in [0.29, 0.717) is 85.5 Å². The van der Waals surface area contributed by atoms with Crippen LogP contribution in [0, 0.1) is 0 Å². The van der Waals surface area contributed by atoms with Crippen LogP contribution in [0.2, 0.25) is 0 Å². The van der Waals surface area contributed by atoms with Gasteiger partial charge in [-0.25, -0.2) is 0 Å². The Morgan fingerprint density at radius 1 is 0.263 bits per heavy atom. The molecule has 2 atom stereocenters. The number of aliphatic hydroxyl groups is 4. The second-order valence-electron chi connectivity index (χ2n) is 35.3.